The molecule has 5 nitrogen and oxygen atoms in total. The van der Waals surface area contributed by atoms with Gasteiger partial charge in [0.1, 0.15) is 0 Å². The van der Waals surface area contributed by atoms with Gasteiger partial charge in [-0.1, -0.05) is 0 Å². The van der Waals surface area contributed by atoms with E-state index in [4.69, 9.17) is 10.2 Å². The predicted octanol–water partition coefficient (Wildman–Crippen LogP) is 3.44. The Morgan fingerprint density at radius 3 is 2.83 bits per heavy atom. The summed E-state index contributed by atoms with van der Waals surface area (Å²) in [6.07, 6.45) is -1.20. The number of aromatic nitrogens is 1. The van der Waals surface area contributed by atoms with Crippen LogP contribution in [0.3, 0.4) is 0 Å². The van der Waals surface area contributed by atoms with Crippen molar-refractivity contribution >= 4 is 17.3 Å². The third-order valence-electron chi connectivity index (χ3n) is 4.08. The first-order valence-electron chi connectivity index (χ1n) is 7.67. The zero-order valence-electron chi connectivity index (χ0n) is 13.2. The lowest BCUT2D eigenvalue weighted by Crippen LogP contribution is -2.51. The molecule has 1 fully saturated rings. The van der Waals surface area contributed by atoms with Gasteiger partial charge in [-0.25, -0.2) is 0 Å². The number of piperidine rings is 1. The van der Waals surface area contributed by atoms with Crippen molar-refractivity contribution in [3.63, 3.8) is 0 Å². The molecule has 3 rings (SSSR count). The van der Waals surface area contributed by atoms with E-state index in [-0.39, 0.29) is 13.0 Å². The van der Waals surface area contributed by atoms with Crippen LogP contribution >= 0.6 is 0 Å². The van der Waals surface area contributed by atoms with Gasteiger partial charge >= 0.3 is 6.18 Å². The molecule has 0 radical (unpaired) electrons. The molecular formula is C16H19F3N4O. The Labute approximate surface area is 137 Å². The highest BCUT2D eigenvalue weighted by Gasteiger charge is 2.44. The molecule has 3 heterocycles. The molecule has 24 heavy (non-hydrogen) atoms. The second kappa shape index (κ2) is 6.35. The van der Waals surface area contributed by atoms with Crippen LogP contribution < -0.4 is 16.0 Å². The van der Waals surface area contributed by atoms with Crippen LogP contribution in [0.2, 0.25) is 0 Å². The first kappa shape index (κ1) is 16.6. The van der Waals surface area contributed by atoms with E-state index in [0.29, 0.717) is 23.8 Å². The van der Waals surface area contributed by atoms with Gasteiger partial charge in [-0.3, -0.25) is 4.98 Å². The standard InChI is InChI=1S/C16H19F3N4O/c1-10-5-14(13(7-21-10)22-15-3-2-4-24-15)23-8-11(16(17,18)19)6-12(20)9-23/h2-5,7,11-12,22H,6,8-9,20H2,1H3. The molecule has 2 aromatic heterocycles. The zero-order valence-corrected chi connectivity index (χ0v) is 13.2. The molecule has 0 spiro atoms. The highest BCUT2D eigenvalue weighted by Crippen LogP contribution is 2.37. The highest BCUT2D eigenvalue weighted by atomic mass is 19.4. The van der Waals surface area contributed by atoms with Crippen molar-refractivity contribution in [2.24, 2.45) is 11.7 Å². The monoisotopic (exact) mass is 340 g/mol. The number of nitrogens with two attached hydrogens (primary N) is 1. The van der Waals surface area contributed by atoms with Crippen LogP contribution in [0.25, 0.3) is 0 Å². The summed E-state index contributed by atoms with van der Waals surface area (Å²) in [6, 6.07) is 4.68. The number of aryl methyl sites for hydroxylation is 1. The van der Waals surface area contributed by atoms with E-state index in [0.717, 1.165) is 5.69 Å². The lowest BCUT2D eigenvalue weighted by molar-refractivity contribution is -0.177. The SMILES string of the molecule is Cc1cc(N2CC(N)CC(C(F)(F)F)C2)c(Nc2ccco2)cn1. The van der Waals surface area contributed by atoms with Gasteiger partial charge in [-0.05, 0) is 25.5 Å². The summed E-state index contributed by atoms with van der Waals surface area (Å²) in [5.74, 6) is -0.943. The van der Waals surface area contributed by atoms with Crippen molar-refractivity contribution in [2.75, 3.05) is 23.3 Å². The molecule has 0 aromatic carbocycles. The van der Waals surface area contributed by atoms with E-state index in [1.807, 2.05) is 0 Å². The third kappa shape index (κ3) is 3.64. The smallest absolute Gasteiger partial charge is 0.393 e. The first-order chi connectivity index (χ1) is 11.3. The van der Waals surface area contributed by atoms with Crippen LogP contribution in [0.5, 0.6) is 0 Å². The fourth-order valence-electron chi connectivity index (χ4n) is 2.96. The van der Waals surface area contributed by atoms with E-state index >= 15 is 0 Å². The van der Waals surface area contributed by atoms with Gasteiger partial charge < -0.3 is 20.4 Å². The quantitative estimate of drug-likeness (QED) is 0.896. The van der Waals surface area contributed by atoms with E-state index in [1.54, 1.807) is 36.2 Å². The van der Waals surface area contributed by atoms with Gasteiger partial charge in [0.25, 0.3) is 0 Å². The molecule has 0 amide bonds. The van der Waals surface area contributed by atoms with E-state index < -0.39 is 18.1 Å². The number of nitrogens with zero attached hydrogens (tertiary/aromatic N) is 2. The summed E-state index contributed by atoms with van der Waals surface area (Å²) in [5, 5.41) is 3.05. The van der Waals surface area contributed by atoms with Crippen LogP contribution in [0.4, 0.5) is 30.4 Å². The van der Waals surface area contributed by atoms with Gasteiger partial charge in [-0.15, -0.1) is 0 Å². The maximum Gasteiger partial charge on any atom is 0.393 e. The number of hydrogen-bond donors (Lipinski definition) is 2. The van der Waals surface area contributed by atoms with Gasteiger partial charge in [-0.2, -0.15) is 13.2 Å². The zero-order chi connectivity index (χ0) is 17.3. The summed E-state index contributed by atoms with van der Waals surface area (Å²) in [6.45, 7) is 2.04. The number of nitrogens with one attached hydrogen (secondary N) is 1. The fraction of sp³-hybridized carbons (Fsp3) is 0.438. The van der Waals surface area contributed by atoms with Gasteiger partial charge in [0.05, 0.1) is 29.8 Å². The van der Waals surface area contributed by atoms with Crippen LogP contribution in [0.15, 0.2) is 35.1 Å². The molecule has 130 valence electrons. The lowest BCUT2D eigenvalue weighted by Gasteiger charge is -2.39. The maximum absolute atomic E-state index is 13.2. The summed E-state index contributed by atoms with van der Waals surface area (Å²) < 4.78 is 44.7. The Kier molecular flexibility index (Phi) is 4.40. The van der Waals surface area contributed by atoms with E-state index in [2.05, 4.69) is 10.3 Å². The maximum atomic E-state index is 13.2. The number of alkyl halides is 3. The third-order valence-corrected chi connectivity index (χ3v) is 4.08. The fourth-order valence-corrected chi connectivity index (χ4v) is 2.96. The van der Waals surface area contributed by atoms with Crippen LogP contribution in [-0.2, 0) is 0 Å². The van der Waals surface area contributed by atoms with Gasteiger partial charge in [0.15, 0.2) is 5.88 Å². The highest BCUT2D eigenvalue weighted by molar-refractivity contribution is 5.73. The molecule has 2 atom stereocenters. The number of halogens is 3. The summed E-state index contributed by atoms with van der Waals surface area (Å²) in [7, 11) is 0. The molecule has 1 aliphatic rings. The van der Waals surface area contributed by atoms with Crippen LogP contribution in [0.1, 0.15) is 12.1 Å². The van der Waals surface area contributed by atoms with Crippen molar-refractivity contribution < 1.29 is 17.6 Å². The van der Waals surface area contributed by atoms with Crippen molar-refractivity contribution in [3.05, 3.63) is 36.4 Å². The van der Waals surface area contributed by atoms with Crippen molar-refractivity contribution in [1.29, 1.82) is 0 Å². The Balaban J connectivity index is 1.90. The number of furan rings is 1. The summed E-state index contributed by atoms with van der Waals surface area (Å²) in [4.78, 5) is 5.89. The lowest BCUT2D eigenvalue weighted by atomic mass is 9.93. The van der Waals surface area contributed by atoms with Crippen LogP contribution in [0, 0.1) is 12.8 Å². The minimum absolute atomic E-state index is 0.0506. The van der Waals surface area contributed by atoms with Crippen molar-refractivity contribution in [1.82, 2.24) is 4.98 Å². The number of anilines is 3. The molecule has 0 bridgehead atoms. The molecule has 2 unspecified atom stereocenters. The second-order valence-corrected chi connectivity index (χ2v) is 6.08. The Morgan fingerprint density at radius 1 is 1.38 bits per heavy atom. The Morgan fingerprint density at radius 2 is 2.17 bits per heavy atom. The summed E-state index contributed by atoms with van der Waals surface area (Å²) >= 11 is 0. The number of pyridine rings is 1. The molecule has 1 aliphatic heterocycles. The molecular weight excluding hydrogens is 321 g/mol. The van der Waals surface area contributed by atoms with Crippen molar-refractivity contribution in [3.8, 4) is 0 Å². The average Bonchev–Trinajstić information content (AvgIpc) is 3.00. The molecule has 0 saturated carbocycles. The largest absolute Gasteiger partial charge is 0.449 e. The van der Waals surface area contributed by atoms with Gasteiger partial charge in [0, 0.05) is 30.9 Å². The first-order valence-corrected chi connectivity index (χ1v) is 7.67. The topological polar surface area (TPSA) is 67.3 Å². The Hall–Kier alpha value is -2.22. The van der Waals surface area contributed by atoms with Crippen LogP contribution in [-0.4, -0.2) is 30.3 Å². The average molecular weight is 340 g/mol. The minimum Gasteiger partial charge on any atom is -0.449 e. The van der Waals surface area contributed by atoms with E-state index in [9.17, 15) is 13.2 Å². The normalized spacial score (nSPS) is 21.8. The second-order valence-electron chi connectivity index (χ2n) is 6.08. The minimum atomic E-state index is -4.26. The molecule has 3 N–H and O–H groups in total. The van der Waals surface area contributed by atoms with E-state index in [1.165, 1.54) is 6.26 Å². The Bertz CT molecular complexity index is 687. The number of rotatable bonds is 3. The molecule has 1 saturated heterocycles. The predicted molar refractivity (Wildman–Crippen MR) is 85.3 cm³/mol. The molecule has 8 heteroatoms. The molecule has 0 aliphatic carbocycles. The number of hydrogen-bond acceptors (Lipinski definition) is 5. The molecule has 2 aromatic rings. The van der Waals surface area contributed by atoms with Gasteiger partial charge in [0.2, 0.25) is 0 Å². The van der Waals surface area contributed by atoms with Crippen molar-refractivity contribution in [2.45, 2.75) is 25.6 Å². The summed E-state index contributed by atoms with van der Waals surface area (Å²) in [5.41, 5.74) is 7.83.